The molecule has 0 amide bonds. The van der Waals surface area contributed by atoms with Crippen molar-refractivity contribution in [3.8, 4) is 0 Å². The molecule has 0 saturated heterocycles. The second-order valence-corrected chi connectivity index (χ2v) is 2.57. The lowest BCUT2D eigenvalue weighted by Gasteiger charge is -2.17. The number of rotatable bonds is 3. The van der Waals surface area contributed by atoms with Crippen molar-refractivity contribution < 1.29 is 9.84 Å². The molecule has 0 aromatic rings. The van der Waals surface area contributed by atoms with Gasteiger partial charge in [-0.05, 0) is 23.9 Å². The number of ether oxygens (including phenoxy) is 1. The molecule has 0 aromatic carbocycles. The highest BCUT2D eigenvalue weighted by Crippen LogP contribution is 2.17. The highest BCUT2D eigenvalue weighted by atomic mass is 16.5. The van der Waals surface area contributed by atoms with Crippen LogP contribution < -0.4 is 0 Å². The van der Waals surface area contributed by atoms with E-state index >= 15 is 0 Å². The molecule has 0 fully saturated rings. The predicted octanol–water partition coefficient (Wildman–Crippen LogP) is 1.35. The third-order valence-corrected chi connectivity index (χ3v) is 1.75. The molecule has 1 heterocycles. The van der Waals surface area contributed by atoms with E-state index in [1.165, 1.54) is 0 Å². The topological polar surface area (TPSA) is 78.2 Å². The minimum absolute atomic E-state index is 0.154. The van der Waals surface area contributed by atoms with E-state index < -0.39 is 6.04 Å². The van der Waals surface area contributed by atoms with Crippen molar-refractivity contribution >= 4 is 0 Å². The van der Waals surface area contributed by atoms with Gasteiger partial charge in [0.05, 0.1) is 25.5 Å². The van der Waals surface area contributed by atoms with Crippen molar-refractivity contribution in [1.29, 1.82) is 0 Å². The SMILES string of the molecule is [N-]=[N+]=NC(CO)C1=COCCC1. The second kappa shape index (κ2) is 4.64. The van der Waals surface area contributed by atoms with Crippen molar-refractivity contribution in [3.63, 3.8) is 0 Å². The summed E-state index contributed by atoms with van der Waals surface area (Å²) in [6.45, 7) is 0.553. The van der Waals surface area contributed by atoms with Gasteiger partial charge in [-0.1, -0.05) is 5.11 Å². The van der Waals surface area contributed by atoms with E-state index in [2.05, 4.69) is 10.0 Å². The van der Waals surface area contributed by atoms with E-state index in [1.54, 1.807) is 6.26 Å². The van der Waals surface area contributed by atoms with Crippen LogP contribution in [0.5, 0.6) is 0 Å². The third kappa shape index (κ3) is 2.15. The van der Waals surface area contributed by atoms with Crippen LogP contribution in [0, 0.1) is 0 Å². The molecule has 66 valence electrons. The molecule has 1 aliphatic rings. The molecule has 0 aliphatic carbocycles. The Morgan fingerprint density at radius 2 is 2.67 bits per heavy atom. The second-order valence-electron chi connectivity index (χ2n) is 2.57. The fraction of sp³-hybridized carbons (Fsp3) is 0.714. The molecule has 5 nitrogen and oxygen atoms in total. The van der Waals surface area contributed by atoms with E-state index in [1.807, 2.05) is 0 Å². The van der Waals surface area contributed by atoms with Gasteiger partial charge in [0.2, 0.25) is 0 Å². The van der Waals surface area contributed by atoms with Crippen LogP contribution in [0.2, 0.25) is 0 Å². The van der Waals surface area contributed by atoms with Crippen LogP contribution in [0.15, 0.2) is 16.9 Å². The van der Waals surface area contributed by atoms with Gasteiger partial charge in [0, 0.05) is 4.91 Å². The number of hydrogen-bond donors (Lipinski definition) is 1. The average molecular weight is 169 g/mol. The molecule has 0 aromatic heterocycles. The Hall–Kier alpha value is -1.19. The number of nitrogens with zero attached hydrogens (tertiary/aromatic N) is 3. The van der Waals surface area contributed by atoms with E-state index in [9.17, 15) is 0 Å². The largest absolute Gasteiger partial charge is 0.501 e. The van der Waals surface area contributed by atoms with Crippen molar-refractivity contribution in [2.24, 2.45) is 5.11 Å². The van der Waals surface area contributed by atoms with Crippen LogP contribution >= 0.6 is 0 Å². The summed E-state index contributed by atoms with van der Waals surface area (Å²) in [4.78, 5) is 2.65. The number of aliphatic hydroxyl groups is 1. The zero-order chi connectivity index (χ0) is 8.81. The lowest BCUT2D eigenvalue weighted by molar-refractivity contribution is 0.211. The predicted molar refractivity (Wildman–Crippen MR) is 43.3 cm³/mol. The Bertz CT molecular complexity index is 221. The molecule has 1 unspecified atom stereocenters. The summed E-state index contributed by atoms with van der Waals surface area (Å²) < 4.78 is 5.05. The van der Waals surface area contributed by atoms with E-state index in [0.29, 0.717) is 6.61 Å². The first-order chi connectivity index (χ1) is 5.88. The zero-order valence-electron chi connectivity index (χ0n) is 6.68. The molecule has 0 saturated carbocycles. The van der Waals surface area contributed by atoms with Gasteiger partial charge in [-0.15, -0.1) is 0 Å². The smallest absolute Gasteiger partial charge is 0.0876 e. The zero-order valence-corrected chi connectivity index (χ0v) is 6.68. The summed E-state index contributed by atoms with van der Waals surface area (Å²) in [7, 11) is 0. The van der Waals surface area contributed by atoms with E-state index in [4.69, 9.17) is 15.4 Å². The van der Waals surface area contributed by atoms with E-state index in [0.717, 1.165) is 18.4 Å². The fourth-order valence-corrected chi connectivity index (χ4v) is 1.12. The molecular weight excluding hydrogens is 158 g/mol. The van der Waals surface area contributed by atoms with Crippen LogP contribution in [0.3, 0.4) is 0 Å². The van der Waals surface area contributed by atoms with Gasteiger partial charge in [0.15, 0.2) is 0 Å². The molecule has 5 heteroatoms. The number of azide groups is 1. The summed E-state index contributed by atoms with van der Waals surface area (Å²) in [5.74, 6) is 0. The van der Waals surface area contributed by atoms with Crippen LogP contribution in [0.25, 0.3) is 10.4 Å². The molecule has 12 heavy (non-hydrogen) atoms. The Balaban J connectivity index is 2.63. The molecule has 1 atom stereocenters. The molecule has 0 radical (unpaired) electrons. The Morgan fingerprint density at radius 3 is 3.17 bits per heavy atom. The standard InChI is InChI=1S/C7H11N3O2/c8-10-9-7(4-11)6-2-1-3-12-5-6/h5,7,11H,1-4H2. The van der Waals surface area contributed by atoms with Crippen LogP contribution in [-0.2, 0) is 4.74 Å². The minimum Gasteiger partial charge on any atom is -0.501 e. The van der Waals surface area contributed by atoms with Gasteiger partial charge in [0.25, 0.3) is 0 Å². The first kappa shape index (κ1) is 8.90. The monoisotopic (exact) mass is 169 g/mol. The van der Waals surface area contributed by atoms with Crippen molar-refractivity contribution in [1.82, 2.24) is 0 Å². The molecule has 1 rings (SSSR count). The fourth-order valence-electron chi connectivity index (χ4n) is 1.12. The molecule has 0 bridgehead atoms. The highest BCUT2D eigenvalue weighted by Gasteiger charge is 2.14. The Labute approximate surface area is 70.3 Å². The number of aliphatic hydroxyl groups excluding tert-OH is 1. The maximum absolute atomic E-state index is 8.85. The third-order valence-electron chi connectivity index (χ3n) is 1.75. The lowest BCUT2D eigenvalue weighted by atomic mass is 10.0. The van der Waals surface area contributed by atoms with Gasteiger partial charge in [-0.2, -0.15) is 0 Å². The molecule has 0 spiro atoms. The van der Waals surface area contributed by atoms with Gasteiger partial charge >= 0.3 is 0 Å². The minimum atomic E-state index is -0.449. The first-order valence-electron chi connectivity index (χ1n) is 3.84. The van der Waals surface area contributed by atoms with Crippen molar-refractivity contribution in [3.05, 3.63) is 22.3 Å². The van der Waals surface area contributed by atoms with Crippen LogP contribution in [-0.4, -0.2) is 24.4 Å². The normalized spacial score (nSPS) is 18.6. The van der Waals surface area contributed by atoms with Gasteiger partial charge in [-0.3, -0.25) is 0 Å². The summed E-state index contributed by atoms with van der Waals surface area (Å²) in [6.07, 6.45) is 3.34. The summed E-state index contributed by atoms with van der Waals surface area (Å²) in [5, 5.41) is 12.3. The van der Waals surface area contributed by atoms with Crippen molar-refractivity contribution in [2.45, 2.75) is 18.9 Å². The molecule has 1 aliphatic heterocycles. The van der Waals surface area contributed by atoms with Gasteiger partial charge in [0.1, 0.15) is 0 Å². The van der Waals surface area contributed by atoms with Crippen molar-refractivity contribution in [2.75, 3.05) is 13.2 Å². The summed E-state index contributed by atoms with van der Waals surface area (Å²) in [5.41, 5.74) is 9.05. The number of hydrogen-bond acceptors (Lipinski definition) is 3. The average Bonchev–Trinajstić information content (AvgIpc) is 2.15. The molecule has 1 N–H and O–H groups in total. The summed E-state index contributed by atoms with van der Waals surface area (Å²) in [6, 6.07) is -0.449. The maximum Gasteiger partial charge on any atom is 0.0876 e. The quantitative estimate of drug-likeness (QED) is 0.393. The van der Waals surface area contributed by atoms with Crippen LogP contribution in [0.1, 0.15) is 12.8 Å². The van der Waals surface area contributed by atoms with Gasteiger partial charge < -0.3 is 9.84 Å². The first-order valence-corrected chi connectivity index (χ1v) is 3.84. The lowest BCUT2D eigenvalue weighted by Crippen LogP contribution is -2.16. The van der Waals surface area contributed by atoms with Crippen LogP contribution in [0.4, 0.5) is 0 Å². The Morgan fingerprint density at radius 1 is 1.83 bits per heavy atom. The van der Waals surface area contributed by atoms with E-state index in [-0.39, 0.29) is 6.61 Å². The maximum atomic E-state index is 8.85. The van der Waals surface area contributed by atoms with Gasteiger partial charge in [-0.25, -0.2) is 0 Å². The summed E-state index contributed by atoms with van der Waals surface area (Å²) >= 11 is 0. The molecular formula is C7H11N3O2. The highest BCUT2D eigenvalue weighted by molar-refractivity contribution is 5.10. The Kier molecular flexibility index (Phi) is 3.44.